The predicted octanol–water partition coefficient (Wildman–Crippen LogP) is 3.03. The number of nitrogens with zero attached hydrogens (tertiary/aromatic N) is 3. The minimum Gasteiger partial charge on any atom is -0.369 e. The largest absolute Gasteiger partial charge is 0.369 e. The van der Waals surface area contributed by atoms with Gasteiger partial charge in [-0.2, -0.15) is 0 Å². The van der Waals surface area contributed by atoms with Gasteiger partial charge >= 0.3 is 0 Å². The number of aliphatic imine (C=N–C) groups is 1. The Labute approximate surface area is 130 Å². The standard InChI is InChI=1S/C15H14BrFN4/c1-15(10-6-12(17)8-19-7-10)9-20-14(18)21(15)13-4-2-11(16)3-5-13/h2-8H,9H2,1H3,(H2,18,20). The van der Waals surface area contributed by atoms with Crippen molar-refractivity contribution in [1.29, 1.82) is 0 Å². The molecule has 0 amide bonds. The van der Waals surface area contributed by atoms with Crippen LogP contribution in [0.4, 0.5) is 10.1 Å². The van der Waals surface area contributed by atoms with Crippen molar-refractivity contribution in [3.05, 3.63) is 58.6 Å². The molecule has 1 aromatic carbocycles. The Morgan fingerprint density at radius 1 is 1.29 bits per heavy atom. The molecule has 6 heteroatoms. The van der Waals surface area contributed by atoms with Gasteiger partial charge in [-0.25, -0.2) is 4.39 Å². The van der Waals surface area contributed by atoms with E-state index in [1.807, 2.05) is 36.1 Å². The summed E-state index contributed by atoms with van der Waals surface area (Å²) in [6, 6.07) is 9.24. The quantitative estimate of drug-likeness (QED) is 0.907. The third-order valence-corrected chi connectivity index (χ3v) is 4.21. The summed E-state index contributed by atoms with van der Waals surface area (Å²) in [5, 5.41) is 0. The lowest BCUT2D eigenvalue weighted by Crippen LogP contribution is -2.47. The Bertz CT molecular complexity index is 701. The molecule has 0 saturated heterocycles. The average molecular weight is 349 g/mol. The van der Waals surface area contributed by atoms with E-state index in [0.29, 0.717) is 12.5 Å². The second kappa shape index (κ2) is 5.11. The van der Waals surface area contributed by atoms with E-state index < -0.39 is 5.54 Å². The van der Waals surface area contributed by atoms with Gasteiger partial charge in [-0.15, -0.1) is 0 Å². The van der Waals surface area contributed by atoms with Gasteiger partial charge in [0, 0.05) is 21.9 Å². The summed E-state index contributed by atoms with van der Waals surface area (Å²) < 4.78 is 14.5. The van der Waals surface area contributed by atoms with Crippen molar-refractivity contribution in [1.82, 2.24) is 4.98 Å². The Kier molecular flexibility index (Phi) is 3.41. The molecule has 2 heterocycles. The summed E-state index contributed by atoms with van der Waals surface area (Å²) in [6.07, 6.45) is 2.85. The van der Waals surface area contributed by atoms with Crippen LogP contribution in [-0.2, 0) is 5.54 Å². The third kappa shape index (κ3) is 2.40. The Balaban J connectivity index is 2.07. The van der Waals surface area contributed by atoms with Crippen molar-refractivity contribution >= 4 is 27.6 Å². The molecule has 0 saturated carbocycles. The molecule has 1 aliphatic heterocycles. The molecule has 0 bridgehead atoms. The van der Waals surface area contributed by atoms with E-state index in [4.69, 9.17) is 5.73 Å². The zero-order chi connectivity index (χ0) is 15.0. The topological polar surface area (TPSA) is 54.5 Å². The lowest BCUT2D eigenvalue weighted by atomic mass is 9.92. The minimum atomic E-state index is -0.549. The molecule has 1 atom stereocenters. The maximum absolute atomic E-state index is 13.5. The molecular formula is C15H14BrFN4. The molecule has 0 radical (unpaired) electrons. The van der Waals surface area contributed by atoms with Crippen LogP contribution in [0.5, 0.6) is 0 Å². The fraction of sp³-hybridized carbons (Fsp3) is 0.200. The Hall–Kier alpha value is -1.95. The molecule has 1 unspecified atom stereocenters. The summed E-state index contributed by atoms with van der Waals surface area (Å²) in [5.41, 5.74) is 7.15. The monoisotopic (exact) mass is 348 g/mol. The number of guanidine groups is 1. The predicted molar refractivity (Wildman–Crippen MR) is 84.7 cm³/mol. The summed E-state index contributed by atoms with van der Waals surface area (Å²) in [4.78, 5) is 10.2. The van der Waals surface area contributed by atoms with Gasteiger partial charge in [-0.05, 0) is 37.3 Å². The van der Waals surface area contributed by atoms with Gasteiger partial charge in [-0.1, -0.05) is 15.9 Å². The zero-order valence-electron chi connectivity index (χ0n) is 11.4. The highest BCUT2D eigenvalue weighted by Crippen LogP contribution is 2.36. The first-order valence-electron chi connectivity index (χ1n) is 6.47. The zero-order valence-corrected chi connectivity index (χ0v) is 13.0. The van der Waals surface area contributed by atoms with Crippen molar-refractivity contribution in [3.8, 4) is 0 Å². The van der Waals surface area contributed by atoms with Gasteiger partial charge in [-0.3, -0.25) is 9.98 Å². The van der Waals surface area contributed by atoms with Crippen molar-refractivity contribution in [3.63, 3.8) is 0 Å². The van der Waals surface area contributed by atoms with Gasteiger partial charge < -0.3 is 10.6 Å². The highest BCUT2D eigenvalue weighted by atomic mass is 79.9. The maximum atomic E-state index is 13.5. The molecule has 21 heavy (non-hydrogen) atoms. The van der Waals surface area contributed by atoms with Crippen LogP contribution in [0.25, 0.3) is 0 Å². The van der Waals surface area contributed by atoms with Crippen molar-refractivity contribution < 1.29 is 4.39 Å². The third-order valence-electron chi connectivity index (χ3n) is 3.68. The molecule has 0 spiro atoms. The second-order valence-corrected chi connectivity index (χ2v) is 6.07. The van der Waals surface area contributed by atoms with Crippen molar-refractivity contribution in [2.24, 2.45) is 10.7 Å². The highest BCUT2D eigenvalue weighted by Gasteiger charge is 2.41. The van der Waals surface area contributed by atoms with E-state index in [-0.39, 0.29) is 5.82 Å². The maximum Gasteiger partial charge on any atom is 0.196 e. The molecule has 4 nitrogen and oxygen atoms in total. The van der Waals surface area contributed by atoms with Crippen LogP contribution in [0, 0.1) is 5.82 Å². The van der Waals surface area contributed by atoms with Crippen LogP contribution in [0.3, 0.4) is 0 Å². The minimum absolute atomic E-state index is 0.366. The van der Waals surface area contributed by atoms with E-state index >= 15 is 0 Å². The van der Waals surface area contributed by atoms with Gasteiger partial charge in [0.1, 0.15) is 5.82 Å². The van der Waals surface area contributed by atoms with Gasteiger partial charge in [0.2, 0.25) is 0 Å². The average Bonchev–Trinajstić information content (AvgIpc) is 2.77. The van der Waals surface area contributed by atoms with Crippen LogP contribution in [0.2, 0.25) is 0 Å². The fourth-order valence-electron chi connectivity index (χ4n) is 2.56. The van der Waals surface area contributed by atoms with Crippen molar-refractivity contribution in [2.75, 3.05) is 11.4 Å². The van der Waals surface area contributed by atoms with Crippen LogP contribution in [0.15, 0.2) is 52.2 Å². The number of anilines is 1. The molecular weight excluding hydrogens is 335 g/mol. The number of hydrogen-bond donors (Lipinski definition) is 1. The number of benzene rings is 1. The molecule has 2 aromatic rings. The Morgan fingerprint density at radius 3 is 2.67 bits per heavy atom. The molecule has 108 valence electrons. The summed E-state index contributed by atoms with van der Waals surface area (Å²) in [7, 11) is 0. The molecule has 1 aliphatic rings. The van der Waals surface area contributed by atoms with Crippen LogP contribution >= 0.6 is 15.9 Å². The summed E-state index contributed by atoms with van der Waals surface area (Å²) >= 11 is 3.41. The first kappa shape index (κ1) is 14.0. The SMILES string of the molecule is CC1(c2cncc(F)c2)CN=C(N)N1c1ccc(Br)cc1. The number of nitrogens with two attached hydrogens (primary N) is 1. The normalized spacial score (nSPS) is 21.5. The number of rotatable bonds is 2. The summed E-state index contributed by atoms with van der Waals surface area (Å²) in [6.45, 7) is 2.44. The molecule has 0 fully saturated rings. The smallest absolute Gasteiger partial charge is 0.196 e. The van der Waals surface area contributed by atoms with Gasteiger partial charge in [0.05, 0.1) is 18.3 Å². The number of halogens is 2. The van der Waals surface area contributed by atoms with Crippen molar-refractivity contribution in [2.45, 2.75) is 12.5 Å². The van der Waals surface area contributed by atoms with E-state index in [1.165, 1.54) is 12.3 Å². The molecule has 1 aromatic heterocycles. The molecule has 0 aliphatic carbocycles. The number of aromatic nitrogens is 1. The van der Waals surface area contributed by atoms with Crippen LogP contribution < -0.4 is 10.6 Å². The van der Waals surface area contributed by atoms with E-state index in [0.717, 1.165) is 15.7 Å². The Morgan fingerprint density at radius 2 is 2.00 bits per heavy atom. The van der Waals surface area contributed by atoms with E-state index in [9.17, 15) is 4.39 Å². The lowest BCUT2D eigenvalue weighted by Gasteiger charge is -2.36. The number of pyridine rings is 1. The fourth-order valence-corrected chi connectivity index (χ4v) is 2.83. The van der Waals surface area contributed by atoms with Gasteiger partial charge in [0.15, 0.2) is 5.96 Å². The van der Waals surface area contributed by atoms with Crippen LogP contribution in [-0.4, -0.2) is 17.5 Å². The molecule has 3 rings (SSSR count). The lowest BCUT2D eigenvalue weighted by molar-refractivity contribution is 0.521. The number of hydrogen-bond acceptors (Lipinski definition) is 4. The van der Waals surface area contributed by atoms with E-state index in [1.54, 1.807) is 6.20 Å². The summed E-state index contributed by atoms with van der Waals surface area (Å²) in [5.74, 6) is 0.0547. The first-order chi connectivity index (χ1) is 10.0. The van der Waals surface area contributed by atoms with E-state index in [2.05, 4.69) is 25.9 Å². The molecule has 2 N–H and O–H groups in total. The second-order valence-electron chi connectivity index (χ2n) is 5.15. The van der Waals surface area contributed by atoms with Gasteiger partial charge in [0.25, 0.3) is 0 Å². The highest BCUT2D eigenvalue weighted by molar-refractivity contribution is 9.10. The first-order valence-corrected chi connectivity index (χ1v) is 7.27. The van der Waals surface area contributed by atoms with Crippen LogP contribution in [0.1, 0.15) is 12.5 Å².